The van der Waals surface area contributed by atoms with Gasteiger partial charge in [0.25, 0.3) is 5.89 Å². The maximum Gasteiger partial charge on any atom is 0.257 e. The van der Waals surface area contributed by atoms with E-state index >= 15 is 0 Å². The number of hydrogen-bond acceptors (Lipinski definition) is 6. The van der Waals surface area contributed by atoms with Crippen molar-refractivity contribution in [1.29, 1.82) is 0 Å². The van der Waals surface area contributed by atoms with Gasteiger partial charge in [0.1, 0.15) is 11.7 Å². The molecule has 3 rings (SSSR count). The van der Waals surface area contributed by atoms with E-state index in [1.807, 2.05) is 30.3 Å². The smallest absolute Gasteiger partial charge is 0.257 e. The quantitative estimate of drug-likeness (QED) is 0.725. The molecule has 0 aliphatic heterocycles. The molecular formula is C12H11N3O3. The molecule has 6 nitrogen and oxygen atoms in total. The van der Waals surface area contributed by atoms with E-state index in [-0.39, 0.29) is 12.4 Å². The second-order valence-electron chi connectivity index (χ2n) is 3.86. The number of aliphatic hydroxyl groups is 1. The molecule has 0 fully saturated rings. The molecule has 1 atom stereocenters. The Labute approximate surface area is 102 Å². The van der Waals surface area contributed by atoms with E-state index in [0.29, 0.717) is 11.6 Å². The number of furan rings is 1. The zero-order chi connectivity index (χ0) is 12.5. The van der Waals surface area contributed by atoms with Crippen LogP contribution >= 0.6 is 0 Å². The molecule has 0 aliphatic rings. The van der Waals surface area contributed by atoms with Crippen LogP contribution in [-0.2, 0) is 0 Å². The monoisotopic (exact) mass is 245 g/mol. The van der Waals surface area contributed by atoms with Crippen LogP contribution in [0.2, 0.25) is 0 Å². The van der Waals surface area contributed by atoms with Gasteiger partial charge in [0.15, 0.2) is 5.76 Å². The van der Waals surface area contributed by atoms with Crippen molar-refractivity contribution in [2.24, 2.45) is 5.73 Å². The maximum absolute atomic E-state index is 9.48. The molecule has 2 heterocycles. The summed E-state index contributed by atoms with van der Waals surface area (Å²) in [5.74, 6) is 0.886. The number of hydrogen-bond donors (Lipinski definition) is 2. The van der Waals surface area contributed by atoms with Gasteiger partial charge in [0.2, 0.25) is 5.82 Å². The minimum atomic E-state index is -0.948. The van der Waals surface area contributed by atoms with Crippen molar-refractivity contribution in [2.75, 3.05) is 6.54 Å². The number of benzene rings is 1. The number of nitrogens with two attached hydrogens (primary N) is 1. The first-order chi connectivity index (χ1) is 8.78. The fourth-order valence-corrected chi connectivity index (χ4v) is 1.66. The molecule has 0 saturated heterocycles. The Morgan fingerprint density at radius 3 is 2.94 bits per heavy atom. The number of rotatable bonds is 3. The van der Waals surface area contributed by atoms with Crippen molar-refractivity contribution in [3.05, 3.63) is 36.2 Å². The average Bonchev–Trinajstić information content (AvgIpc) is 3.03. The van der Waals surface area contributed by atoms with Gasteiger partial charge in [-0.15, -0.1) is 0 Å². The van der Waals surface area contributed by atoms with Gasteiger partial charge in [-0.1, -0.05) is 23.4 Å². The van der Waals surface area contributed by atoms with E-state index in [9.17, 15) is 5.11 Å². The van der Waals surface area contributed by atoms with Gasteiger partial charge in [0, 0.05) is 11.9 Å². The van der Waals surface area contributed by atoms with Crippen LogP contribution in [0.3, 0.4) is 0 Å². The summed E-state index contributed by atoms with van der Waals surface area (Å²) in [4.78, 5) is 4.04. The lowest BCUT2D eigenvalue weighted by Gasteiger charge is -1.97. The summed E-state index contributed by atoms with van der Waals surface area (Å²) in [5, 5.41) is 14.2. The minimum absolute atomic E-state index is 0.0295. The Kier molecular flexibility index (Phi) is 2.58. The Hall–Kier alpha value is -2.18. The number of nitrogens with zero attached hydrogens (tertiary/aromatic N) is 2. The molecule has 3 aromatic rings. The highest BCUT2D eigenvalue weighted by atomic mass is 16.5. The normalized spacial score (nSPS) is 13.0. The first-order valence-electron chi connectivity index (χ1n) is 5.48. The van der Waals surface area contributed by atoms with Crippen molar-refractivity contribution in [1.82, 2.24) is 10.1 Å². The SMILES string of the molecule is NC[C@H](O)c1nc(-c2cc3ccccc3o2)no1. The highest BCUT2D eigenvalue weighted by molar-refractivity contribution is 5.81. The third-order valence-electron chi connectivity index (χ3n) is 2.60. The molecule has 0 aliphatic carbocycles. The molecule has 18 heavy (non-hydrogen) atoms. The molecule has 0 bridgehead atoms. The van der Waals surface area contributed by atoms with Gasteiger partial charge in [-0.2, -0.15) is 4.98 Å². The largest absolute Gasteiger partial charge is 0.453 e. The summed E-state index contributed by atoms with van der Waals surface area (Å²) >= 11 is 0. The first-order valence-corrected chi connectivity index (χ1v) is 5.48. The second-order valence-corrected chi connectivity index (χ2v) is 3.86. The van der Waals surface area contributed by atoms with Crippen molar-refractivity contribution in [3.8, 4) is 11.6 Å². The highest BCUT2D eigenvalue weighted by Crippen LogP contribution is 2.26. The second kappa shape index (κ2) is 4.25. The van der Waals surface area contributed by atoms with Crippen LogP contribution in [0, 0.1) is 0 Å². The lowest BCUT2D eigenvalue weighted by atomic mass is 10.2. The van der Waals surface area contributed by atoms with Crippen LogP contribution in [0.5, 0.6) is 0 Å². The summed E-state index contributed by atoms with van der Waals surface area (Å²) in [6.45, 7) is 0.0295. The molecular weight excluding hydrogens is 234 g/mol. The van der Waals surface area contributed by atoms with E-state index in [4.69, 9.17) is 14.7 Å². The predicted octanol–water partition coefficient (Wildman–Crippen LogP) is 1.47. The minimum Gasteiger partial charge on any atom is -0.453 e. The third kappa shape index (κ3) is 1.77. The number of fused-ring (bicyclic) bond motifs is 1. The van der Waals surface area contributed by atoms with Crippen molar-refractivity contribution < 1.29 is 14.0 Å². The van der Waals surface area contributed by atoms with E-state index < -0.39 is 6.10 Å². The predicted molar refractivity (Wildman–Crippen MR) is 63.5 cm³/mol. The van der Waals surface area contributed by atoms with Gasteiger partial charge in [-0.3, -0.25) is 0 Å². The summed E-state index contributed by atoms with van der Waals surface area (Å²) in [7, 11) is 0. The van der Waals surface area contributed by atoms with E-state index in [0.717, 1.165) is 11.0 Å². The molecule has 0 spiro atoms. The molecule has 6 heteroatoms. The maximum atomic E-state index is 9.48. The molecule has 1 aromatic carbocycles. The Morgan fingerprint density at radius 1 is 1.33 bits per heavy atom. The van der Waals surface area contributed by atoms with Crippen LogP contribution in [0.4, 0.5) is 0 Å². The van der Waals surface area contributed by atoms with Crippen molar-refractivity contribution >= 4 is 11.0 Å². The van der Waals surface area contributed by atoms with Crippen LogP contribution in [0.1, 0.15) is 12.0 Å². The fourth-order valence-electron chi connectivity index (χ4n) is 1.66. The Morgan fingerprint density at radius 2 is 2.17 bits per heavy atom. The summed E-state index contributed by atoms with van der Waals surface area (Å²) in [6.07, 6.45) is -0.948. The highest BCUT2D eigenvalue weighted by Gasteiger charge is 2.17. The van der Waals surface area contributed by atoms with Crippen LogP contribution in [-0.4, -0.2) is 21.8 Å². The van der Waals surface area contributed by atoms with Crippen molar-refractivity contribution in [2.45, 2.75) is 6.10 Å². The topological polar surface area (TPSA) is 98.3 Å². The molecule has 0 saturated carbocycles. The lowest BCUT2D eigenvalue weighted by molar-refractivity contribution is 0.141. The van der Waals surface area contributed by atoms with Crippen LogP contribution in [0.15, 0.2) is 39.3 Å². The molecule has 0 radical (unpaired) electrons. The Balaban J connectivity index is 2.01. The van der Waals surface area contributed by atoms with Crippen molar-refractivity contribution in [3.63, 3.8) is 0 Å². The molecule has 92 valence electrons. The number of aliphatic hydroxyl groups excluding tert-OH is 1. The van der Waals surface area contributed by atoms with Gasteiger partial charge in [-0.05, 0) is 12.1 Å². The number of para-hydroxylation sites is 1. The summed E-state index contributed by atoms with van der Waals surface area (Å²) < 4.78 is 10.5. The molecule has 3 N–H and O–H groups in total. The Bertz CT molecular complexity index is 641. The summed E-state index contributed by atoms with van der Waals surface area (Å²) in [5.41, 5.74) is 6.06. The zero-order valence-electron chi connectivity index (χ0n) is 9.41. The van der Waals surface area contributed by atoms with Gasteiger partial charge >= 0.3 is 0 Å². The number of aromatic nitrogens is 2. The molecule has 0 unspecified atom stereocenters. The lowest BCUT2D eigenvalue weighted by Crippen LogP contribution is -2.11. The zero-order valence-corrected chi connectivity index (χ0v) is 9.41. The third-order valence-corrected chi connectivity index (χ3v) is 2.60. The molecule has 0 amide bonds. The van der Waals surface area contributed by atoms with E-state index in [2.05, 4.69) is 10.1 Å². The van der Waals surface area contributed by atoms with Gasteiger partial charge in [0.05, 0.1) is 0 Å². The van der Waals surface area contributed by atoms with Crippen LogP contribution < -0.4 is 5.73 Å². The first kappa shape index (κ1) is 10.9. The fraction of sp³-hybridized carbons (Fsp3) is 0.167. The van der Waals surface area contributed by atoms with E-state index in [1.54, 1.807) is 0 Å². The standard InChI is InChI=1S/C12H11N3O3/c13-6-8(16)12-14-11(15-18-12)10-5-7-3-1-2-4-9(7)17-10/h1-5,8,16H,6,13H2/t8-/m0/s1. The summed E-state index contributed by atoms with van der Waals surface area (Å²) in [6, 6.07) is 9.41. The van der Waals surface area contributed by atoms with Gasteiger partial charge in [-0.25, -0.2) is 0 Å². The average molecular weight is 245 g/mol. The van der Waals surface area contributed by atoms with Gasteiger partial charge < -0.3 is 19.8 Å². The van der Waals surface area contributed by atoms with Crippen LogP contribution in [0.25, 0.3) is 22.6 Å². The molecule has 2 aromatic heterocycles. The van der Waals surface area contributed by atoms with E-state index in [1.165, 1.54) is 0 Å².